The first-order valence-electron chi connectivity index (χ1n) is 9.85. The maximum absolute atomic E-state index is 13.8. The molecule has 2 aromatic carbocycles. The van der Waals surface area contributed by atoms with Gasteiger partial charge in [-0.3, -0.25) is 4.79 Å². The van der Waals surface area contributed by atoms with Gasteiger partial charge in [-0.1, -0.05) is 60.3 Å². The van der Waals surface area contributed by atoms with E-state index >= 15 is 0 Å². The Labute approximate surface area is 192 Å². The van der Waals surface area contributed by atoms with E-state index in [4.69, 9.17) is 9.15 Å². The number of para-hydroxylation sites is 1. The fourth-order valence-electron chi connectivity index (χ4n) is 2.97. The van der Waals surface area contributed by atoms with Crippen molar-refractivity contribution in [1.29, 1.82) is 0 Å². The fourth-order valence-corrected chi connectivity index (χ4v) is 4.36. The van der Waals surface area contributed by atoms with Gasteiger partial charge in [-0.15, -0.1) is 21.5 Å². The molecule has 1 amide bonds. The van der Waals surface area contributed by atoms with Gasteiger partial charge < -0.3 is 14.5 Å². The molecule has 0 unspecified atom stereocenters. The van der Waals surface area contributed by atoms with Crippen molar-refractivity contribution in [2.24, 2.45) is 0 Å². The molecule has 164 valence electrons. The monoisotopic (exact) mass is 469 g/mol. The standard InChI is InChI=1S/C23H20FN3O3S2/c1-15(29-18-11-6-5-10-17(18)24)22-26-27-23(30-22)32-14-20(28)25-21(19-12-7-13-31-19)16-8-3-2-4-9-16/h2-13,15,21H,14H2,1H3,(H,25,28)/t15-,21+/m1/s1. The van der Waals surface area contributed by atoms with Crippen molar-refractivity contribution in [1.82, 2.24) is 15.5 Å². The Morgan fingerprint density at radius 3 is 2.66 bits per heavy atom. The lowest BCUT2D eigenvalue weighted by Gasteiger charge is -2.17. The van der Waals surface area contributed by atoms with Gasteiger partial charge in [-0.25, -0.2) is 4.39 Å². The van der Waals surface area contributed by atoms with Gasteiger partial charge >= 0.3 is 0 Å². The lowest BCUT2D eigenvalue weighted by molar-refractivity contribution is -0.119. The second-order valence-corrected chi connectivity index (χ2v) is 8.72. The van der Waals surface area contributed by atoms with Gasteiger partial charge in [0.1, 0.15) is 0 Å². The number of thioether (sulfide) groups is 1. The molecule has 2 atom stereocenters. The number of halogens is 1. The minimum atomic E-state index is -0.635. The van der Waals surface area contributed by atoms with Gasteiger partial charge in [0.2, 0.25) is 5.91 Å². The average molecular weight is 470 g/mol. The molecule has 2 aromatic heterocycles. The number of amides is 1. The van der Waals surface area contributed by atoms with E-state index in [0.717, 1.165) is 22.2 Å². The molecule has 0 aliphatic rings. The summed E-state index contributed by atoms with van der Waals surface area (Å²) < 4.78 is 24.9. The molecule has 0 aliphatic carbocycles. The topological polar surface area (TPSA) is 77.2 Å². The van der Waals surface area contributed by atoms with E-state index in [1.165, 1.54) is 12.1 Å². The zero-order valence-corrected chi connectivity index (χ0v) is 18.7. The first kappa shape index (κ1) is 22.0. The highest BCUT2D eigenvalue weighted by molar-refractivity contribution is 7.99. The molecule has 4 rings (SSSR count). The summed E-state index contributed by atoms with van der Waals surface area (Å²) in [6, 6.07) is 19.6. The molecule has 0 fully saturated rings. The summed E-state index contributed by atoms with van der Waals surface area (Å²) in [5.74, 6) is -0.209. The fraction of sp³-hybridized carbons (Fsp3) is 0.174. The lowest BCUT2D eigenvalue weighted by Crippen LogP contribution is -2.30. The maximum atomic E-state index is 13.8. The number of ether oxygens (including phenoxy) is 1. The van der Waals surface area contributed by atoms with Crippen molar-refractivity contribution in [2.45, 2.75) is 24.3 Å². The van der Waals surface area contributed by atoms with E-state index in [0.29, 0.717) is 0 Å². The highest BCUT2D eigenvalue weighted by atomic mass is 32.2. The molecule has 0 radical (unpaired) electrons. The van der Waals surface area contributed by atoms with Gasteiger partial charge in [-0.05, 0) is 36.1 Å². The number of nitrogens with one attached hydrogen (secondary N) is 1. The zero-order valence-electron chi connectivity index (χ0n) is 17.1. The molecule has 32 heavy (non-hydrogen) atoms. The van der Waals surface area contributed by atoms with Gasteiger partial charge in [0.05, 0.1) is 11.8 Å². The third kappa shape index (κ3) is 5.54. The SMILES string of the molecule is C[C@@H](Oc1ccccc1F)c1nnc(SCC(=O)N[C@@H](c2ccccc2)c2cccs2)o1. The van der Waals surface area contributed by atoms with Crippen LogP contribution in [0.25, 0.3) is 0 Å². The normalized spacial score (nSPS) is 12.8. The van der Waals surface area contributed by atoms with Crippen LogP contribution in [0.5, 0.6) is 5.75 Å². The van der Waals surface area contributed by atoms with Crippen LogP contribution in [0.4, 0.5) is 4.39 Å². The number of nitrogens with zero attached hydrogens (tertiary/aromatic N) is 2. The summed E-state index contributed by atoms with van der Waals surface area (Å²) in [5, 5.41) is 13.2. The number of thiophene rings is 1. The molecule has 2 heterocycles. The molecular formula is C23H20FN3O3S2. The Kier molecular flexibility index (Phi) is 7.18. The third-order valence-electron chi connectivity index (χ3n) is 4.50. The molecule has 0 bridgehead atoms. The van der Waals surface area contributed by atoms with E-state index in [9.17, 15) is 9.18 Å². The summed E-state index contributed by atoms with van der Waals surface area (Å²) in [6.45, 7) is 1.69. The maximum Gasteiger partial charge on any atom is 0.277 e. The smallest absolute Gasteiger partial charge is 0.277 e. The zero-order chi connectivity index (χ0) is 22.3. The molecule has 4 aromatic rings. The van der Waals surface area contributed by atoms with Gasteiger partial charge in [0.25, 0.3) is 11.1 Å². The summed E-state index contributed by atoms with van der Waals surface area (Å²) >= 11 is 2.72. The number of rotatable bonds is 9. The Morgan fingerprint density at radius 1 is 1.12 bits per heavy atom. The third-order valence-corrected chi connectivity index (χ3v) is 6.26. The van der Waals surface area contributed by atoms with Gasteiger partial charge in [0.15, 0.2) is 17.7 Å². The van der Waals surface area contributed by atoms with Crippen LogP contribution in [0, 0.1) is 5.82 Å². The average Bonchev–Trinajstić information content (AvgIpc) is 3.51. The summed E-state index contributed by atoms with van der Waals surface area (Å²) in [7, 11) is 0. The number of hydrogen-bond donors (Lipinski definition) is 1. The van der Waals surface area contributed by atoms with Crippen LogP contribution in [0.3, 0.4) is 0 Å². The molecule has 0 saturated carbocycles. The first-order chi connectivity index (χ1) is 15.6. The summed E-state index contributed by atoms with van der Waals surface area (Å²) in [5.41, 5.74) is 1.01. The molecule has 0 aliphatic heterocycles. The number of hydrogen-bond acceptors (Lipinski definition) is 7. The number of aromatic nitrogens is 2. The minimum Gasteiger partial charge on any atom is -0.478 e. The van der Waals surface area contributed by atoms with Crippen molar-refractivity contribution in [3.05, 3.63) is 94.3 Å². The van der Waals surface area contributed by atoms with Crippen LogP contribution in [-0.4, -0.2) is 21.9 Å². The molecule has 6 nitrogen and oxygen atoms in total. The van der Waals surface area contributed by atoms with E-state index in [2.05, 4.69) is 15.5 Å². The molecule has 0 spiro atoms. The number of carbonyl (C=O) groups excluding carboxylic acids is 1. The highest BCUT2D eigenvalue weighted by Gasteiger charge is 2.20. The quantitative estimate of drug-likeness (QED) is 0.330. The van der Waals surface area contributed by atoms with Crippen molar-refractivity contribution in [3.8, 4) is 5.75 Å². The van der Waals surface area contributed by atoms with Crippen LogP contribution in [0.2, 0.25) is 0 Å². The van der Waals surface area contributed by atoms with Crippen LogP contribution in [0.1, 0.15) is 35.4 Å². The minimum absolute atomic E-state index is 0.104. The van der Waals surface area contributed by atoms with E-state index in [-0.39, 0.29) is 34.6 Å². The summed E-state index contributed by atoms with van der Waals surface area (Å²) in [6.07, 6.45) is -0.635. The highest BCUT2D eigenvalue weighted by Crippen LogP contribution is 2.28. The van der Waals surface area contributed by atoms with Crippen molar-refractivity contribution >= 4 is 29.0 Å². The van der Waals surface area contributed by atoms with Crippen molar-refractivity contribution in [2.75, 3.05) is 5.75 Å². The second kappa shape index (κ2) is 10.4. The van der Waals surface area contributed by atoms with Gasteiger partial charge in [0, 0.05) is 4.88 Å². The number of carbonyl (C=O) groups is 1. The van der Waals surface area contributed by atoms with E-state index < -0.39 is 11.9 Å². The van der Waals surface area contributed by atoms with Crippen LogP contribution < -0.4 is 10.1 Å². The predicted octanol–water partition coefficient (Wildman–Crippen LogP) is 5.41. The molecule has 0 saturated heterocycles. The van der Waals surface area contributed by atoms with Crippen LogP contribution >= 0.6 is 23.1 Å². The van der Waals surface area contributed by atoms with Crippen molar-refractivity contribution in [3.63, 3.8) is 0 Å². The van der Waals surface area contributed by atoms with Crippen molar-refractivity contribution < 1.29 is 18.3 Å². The summed E-state index contributed by atoms with van der Waals surface area (Å²) in [4.78, 5) is 13.7. The van der Waals surface area contributed by atoms with Gasteiger partial charge in [-0.2, -0.15) is 0 Å². The Balaban J connectivity index is 1.35. The second-order valence-electron chi connectivity index (χ2n) is 6.81. The first-order valence-corrected chi connectivity index (χ1v) is 11.7. The largest absolute Gasteiger partial charge is 0.478 e. The molecule has 9 heteroatoms. The van der Waals surface area contributed by atoms with Crippen LogP contribution in [0.15, 0.2) is 81.8 Å². The van der Waals surface area contributed by atoms with E-state index in [1.807, 2.05) is 47.8 Å². The Morgan fingerprint density at radius 2 is 1.91 bits per heavy atom. The number of benzene rings is 2. The molecule has 1 N–H and O–H groups in total. The predicted molar refractivity (Wildman–Crippen MR) is 121 cm³/mol. The Bertz CT molecular complexity index is 1150. The Hall–Kier alpha value is -3.17. The molecular weight excluding hydrogens is 449 g/mol. The lowest BCUT2D eigenvalue weighted by atomic mass is 10.1. The van der Waals surface area contributed by atoms with Crippen LogP contribution in [-0.2, 0) is 4.79 Å². The van der Waals surface area contributed by atoms with E-state index in [1.54, 1.807) is 30.4 Å².